The van der Waals surface area contributed by atoms with Crippen molar-refractivity contribution in [2.45, 2.75) is 94.3 Å². The van der Waals surface area contributed by atoms with Crippen molar-refractivity contribution in [2.75, 3.05) is 0 Å². The average Bonchev–Trinajstić information content (AvgIpc) is 2.27. The highest BCUT2D eigenvalue weighted by Gasteiger charge is 2.38. The topological polar surface area (TPSA) is 9.23 Å². The zero-order valence-electron chi connectivity index (χ0n) is 15.1. The molecule has 0 aromatic carbocycles. The average molecular weight is 271 g/mol. The predicted octanol–water partition coefficient (Wildman–Crippen LogP) is 5.92. The molecule has 1 heteroatoms. The minimum atomic E-state index is 0.241. The molecular formula is C18H38O. The zero-order valence-corrected chi connectivity index (χ0v) is 15.1. The lowest BCUT2D eigenvalue weighted by atomic mass is 9.75. The maximum atomic E-state index is 6.68. The summed E-state index contributed by atoms with van der Waals surface area (Å²) in [5.41, 5.74) is 0.482. The second kappa shape index (κ2) is 7.11. The van der Waals surface area contributed by atoms with Crippen LogP contribution in [0.3, 0.4) is 0 Å². The first-order valence-corrected chi connectivity index (χ1v) is 8.15. The standard InChI is InChI=1S/C18H38O/c1-11-17(7,8)15(13(3)4)19-16(14(5)6)18(9,10)12-2/h13-16H,11-12H2,1-10H3. The molecule has 0 aliphatic carbocycles. The Morgan fingerprint density at radius 1 is 0.684 bits per heavy atom. The molecular weight excluding hydrogens is 232 g/mol. The first-order valence-electron chi connectivity index (χ1n) is 8.15. The van der Waals surface area contributed by atoms with Gasteiger partial charge in [0.25, 0.3) is 0 Å². The summed E-state index contributed by atoms with van der Waals surface area (Å²) in [6.45, 7) is 23.1. The normalized spacial score (nSPS) is 17.1. The summed E-state index contributed by atoms with van der Waals surface area (Å²) >= 11 is 0. The molecule has 0 heterocycles. The summed E-state index contributed by atoms with van der Waals surface area (Å²) in [4.78, 5) is 0. The minimum Gasteiger partial charge on any atom is -0.373 e. The highest BCUT2D eigenvalue weighted by Crippen LogP contribution is 2.39. The summed E-state index contributed by atoms with van der Waals surface area (Å²) in [5.74, 6) is 1.12. The molecule has 0 aromatic heterocycles. The van der Waals surface area contributed by atoms with E-state index >= 15 is 0 Å². The Kier molecular flexibility index (Phi) is 7.09. The highest BCUT2D eigenvalue weighted by atomic mass is 16.5. The molecule has 19 heavy (non-hydrogen) atoms. The van der Waals surface area contributed by atoms with Gasteiger partial charge in [-0.25, -0.2) is 0 Å². The van der Waals surface area contributed by atoms with Crippen LogP contribution in [0.1, 0.15) is 82.1 Å². The smallest absolute Gasteiger partial charge is 0.0652 e. The van der Waals surface area contributed by atoms with Gasteiger partial charge < -0.3 is 4.74 Å². The van der Waals surface area contributed by atoms with Crippen LogP contribution in [-0.2, 0) is 4.74 Å². The van der Waals surface area contributed by atoms with E-state index in [0.717, 1.165) is 12.8 Å². The van der Waals surface area contributed by atoms with Crippen molar-refractivity contribution in [1.29, 1.82) is 0 Å². The monoisotopic (exact) mass is 270 g/mol. The molecule has 0 bridgehead atoms. The van der Waals surface area contributed by atoms with Crippen LogP contribution in [0.4, 0.5) is 0 Å². The van der Waals surface area contributed by atoms with Crippen molar-refractivity contribution in [2.24, 2.45) is 22.7 Å². The van der Waals surface area contributed by atoms with E-state index in [0.29, 0.717) is 24.0 Å². The van der Waals surface area contributed by atoms with Gasteiger partial charge in [0.2, 0.25) is 0 Å². The number of hydrogen-bond donors (Lipinski definition) is 0. The molecule has 0 saturated carbocycles. The van der Waals surface area contributed by atoms with Crippen LogP contribution in [0.25, 0.3) is 0 Å². The SMILES string of the molecule is CCC(C)(C)C(OC(C(C)C)C(C)(C)CC)C(C)C. The van der Waals surface area contributed by atoms with Crippen LogP contribution in [0.2, 0.25) is 0 Å². The number of rotatable bonds is 8. The van der Waals surface area contributed by atoms with Gasteiger partial charge in [-0.05, 0) is 35.5 Å². The Hall–Kier alpha value is -0.0400. The van der Waals surface area contributed by atoms with Crippen LogP contribution in [0.15, 0.2) is 0 Å². The van der Waals surface area contributed by atoms with Crippen molar-refractivity contribution < 1.29 is 4.74 Å². The molecule has 0 spiro atoms. The van der Waals surface area contributed by atoms with Crippen LogP contribution in [-0.4, -0.2) is 12.2 Å². The lowest BCUT2D eigenvalue weighted by molar-refractivity contribution is -0.150. The van der Waals surface area contributed by atoms with Gasteiger partial charge in [-0.3, -0.25) is 0 Å². The summed E-state index contributed by atoms with van der Waals surface area (Å²) in [6, 6.07) is 0. The Morgan fingerprint density at radius 3 is 1.11 bits per heavy atom. The van der Waals surface area contributed by atoms with Gasteiger partial charge in [-0.1, -0.05) is 69.2 Å². The Balaban J connectivity index is 5.19. The summed E-state index contributed by atoms with van der Waals surface area (Å²) < 4.78 is 6.68. The first kappa shape index (κ1) is 19.0. The summed E-state index contributed by atoms with van der Waals surface area (Å²) in [5, 5.41) is 0. The maximum absolute atomic E-state index is 6.68. The largest absolute Gasteiger partial charge is 0.373 e. The van der Waals surface area contributed by atoms with Crippen molar-refractivity contribution in [3.05, 3.63) is 0 Å². The molecule has 0 aromatic rings. The summed E-state index contributed by atoms with van der Waals surface area (Å²) in [7, 11) is 0. The fourth-order valence-corrected chi connectivity index (χ4v) is 3.05. The van der Waals surface area contributed by atoms with Crippen LogP contribution < -0.4 is 0 Å². The third-order valence-corrected chi connectivity index (χ3v) is 4.87. The van der Waals surface area contributed by atoms with E-state index in [9.17, 15) is 0 Å². The molecule has 0 rings (SSSR count). The molecule has 0 aliphatic rings. The predicted molar refractivity (Wildman–Crippen MR) is 86.5 cm³/mol. The van der Waals surface area contributed by atoms with Gasteiger partial charge in [-0.2, -0.15) is 0 Å². The molecule has 0 aliphatic heterocycles. The second-order valence-electron chi connectivity index (χ2n) is 8.15. The van der Waals surface area contributed by atoms with Gasteiger partial charge in [0.1, 0.15) is 0 Å². The zero-order chi connectivity index (χ0) is 15.4. The molecule has 2 atom stereocenters. The maximum Gasteiger partial charge on any atom is 0.0652 e. The van der Waals surface area contributed by atoms with Gasteiger partial charge in [0.05, 0.1) is 12.2 Å². The number of hydrogen-bond acceptors (Lipinski definition) is 1. The van der Waals surface area contributed by atoms with E-state index in [1.807, 2.05) is 0 Å². The van der Waals surface area contributed by atoms with E-state index in [4.69, 9.17) is 4.74 Å². The molecule has 2 unspecified atom stereocenters. The molecule has 0 saturated heterocycles. The lowest BCUT2D eigenvalue weighted by Crippen LogP contribution is -2.45. The molecule has 0 amide bonds. The van der Waals surface area contributed by atoms with Crippen molar-refractivity contribution >= 4 is 0 Å². The van der Waals surface area contributed by atoms with E-state index in [2.05, 4.69) is 69.2 Å². The Morgan fingerprint density at radius 2 is 0.947 bits per heavy atom. The third kappa shape index (κ3) is 5.10. The van der Waals surface area contributed by atoms with Crippen LogP contribution in [0.5, 0.6) is 0 Å². The lowest BCUT2D eigenvalue weighted by Gasteiger charge is -2.44. The fourth-order valence-electron chi connectivity index (χ4n) is 3.05. The molecule has 1 nitrogen and oxygen atoms in total. The third-order valence-electron chi connectivity index (χ3n) is 4.87. The van der Waals surface area contributed by atoms with E-state index < -0.39 is 0 Å². The van der Waals surface area contributed by atoms with Crippen LogP contribution >= 0.6 is 0 Å². The molecule has 0 N–H and O–H groups in total. The molecule has 116 valence electrons. The van der Waals surface area contributed by atoms with Gasteiger partial charge >= 0.3 is 0 Å². The van der Waals surface area contributed by atoms with E-state index in [1.54, 1.807) is 0 Å². The highest BCUT2D eigenvalue weighted by molar-refractivity contribution is 4.86. The molecule has 0 fully saturated rings. The quantitative estimate of drug-likeness (QED) is 0.531. The number of ether oxygens (including phenoxy) is 1. The van der Waals surface area contributed by atoms with Crippen molar-refractivity contribution in [1.82, 2.24) is 0 Å². The van der Waals surface area contributed by atoms with Gasteiger partial charge in [-0.15, -0.1) is 0 Å². The van der Waals surface area contributed by atoms with E-state index in [-0.39, 0.29) is 10.8 Å². The van der Waals surface area contributed by atoms with Crippen molar-refractivity contribution in [3.63, 3.8) is 0 Å². The van der Waals surface area contributed by atoms with Gasteiger partial charge in [0.15, 0.2) is 0 Å². The second-order valence-corrected chi connectivity index (χ2v) is 8.15. The fraction of sp³-hybridized carbons (Fsp3) is 1.00. The van der Waals surface area contributed by atoms with Crippen molar-refractivity contribution in [3.8, 4) is 0 Å². The van der Waals surface area contributed by atoms with Gasteiger partial charge in [0, 0.05) is 0 Å². The summed E-state index contributed by atoms with van der Waals surface area (Å²) in [6.07, 6.45) is 2.98. The van der Waals surface area contributed by atoms with E-state index in [1.165, 1.54) is 0 Å². The Labute approximate surface area is 122 Å². The first-order chi connectivity index (χ1) is 8.49. The van der Waals surface area contributed by atoms with Crippen LogP contribution in [0, 0.1) is 22.7 Å². The Bertz CT molecular complexity index is 224. The molecule has 0 radical (unpaired) electrons. The minimum absolute atomic E-state index is 0.241.